The van der Waals surface area contributed by atoms with Crippen molar-refractivity contribution < 1.29 is 0 Å². The molecule has 1 aromatic heterocycles. The van der Waals surface area contributed by atoms with E-state index in [0.29, 0.717) is 22.6 Å². The molecule has 0 amide bonds. The van der Waals surface area contributed by atoms with Gasteiger partial charge < -0.3 is 11.1 Å². The molecule has 0 fully saturated rings. The van der Waals surface area contributed by atoms with E-state index >= 15 is 0 Å². The Morgan fingerprint density at radius 2 is 1.89 bits per heavy atom. The Morgan fingerprint density at radius 3 is 2.56 bits per heavy atom. The third kappa shape index (κ3) is 2.34. The largest absolute Gasteiger partial charge is 0.368 e. The maximum atomic E-state index is 8.91. The summed E-state index contributed by atoms with van der Waals surface area (Å²) in [5, 5.41) is 20.7. The van der Waals surface area contributed by atoms with Crippen molar-refractivity contribution in [1.82, 2.24) is 9.97 Å². The third-order valence-electron chi connectivity index (χ3n) is 2.21. The van der Waals surface area contributed by atoms with Gasteiger partial charge >= 0.3 is 0 Å². The van der Waals surface area contributed by atoms with E-state index in [1.54, 1.807) is 24.3 Å². The Morgan fingerprint density at radius 1 is 1.11 bits per heavy atom. The number of hydrogen-bond acceptors (Lipinski definition) is 6. The molecule has 0 bridgehead atoms. The zero-order chi connectivity index (χ0) is 13.0. The van der Waals surface area contributed by atoms with Crippen LogP contribution in [0.3, 0.4) is 0 Å². The molecule has 0 radical (unpaired) electrons. The summed E-state index contributed by atoms with van der Waals surface area (Å²) in [6.07, 6.45) is 1.53. The molecule has 1 aromatic carbocycles. The highest BCUT2D eigenvalue weighted by molar-refractivity contribution is 5.62. The van der Waals surface area contributed by atoms with Crippen molar-refractivity contribution in [3.63, 3.8) is 0 Å². The molecule has 0 spiro atoms. The molecule has 0 atom stereocenters. The summed E-state index contributed by atoms with van der Waals surface area (Å²) < 4.78 is 0. The highest BCUT2D eigenvalue weighted by atomic mass is 15.1. The Labute approximate surface area is 103 Å². The predicted molar refractivity (Wildman–Crippen MR) is 65.6 cm³/mol. The monoisotopic (exact) mass is 236 g/mol. The number of nitrogens with two attached hydrogens (primary N) is 1. The first-order valence-electron chi connectivity index (χ1n) is 5.02. The summed E-state index contributed by atoms with van der Waals surface area (Å²) in [7, 11) is 0. The molecule has 0 aliphatic carbocycles. The van der Waals surface area contributed by atoms with Crippen LogP contribution in [0.25, 0.3) is 0 Å². The summed E-state index contributed by atoms with van der Waals surface area (Å²) >= 11 is 0. The van der Waals surface area contributed by atoms with Crippen molar-refractivity contribution in [3.8, 4) is 12.1 Å². The lowest BCUT2D eigenvalue weighted by molar-refractivity contribution is 1.18. The molecule has 0 aliphatic heterocycles. The van der Waals surface area contributed by atoms with Crippen LogP contribution < -0.4 is 11.1 Å². The van der Waals surface area contributed by atoms with Crippen molar-refractivity contribution in [2.75, 3.05) is 11.1 Å². The molecule has 0 saturated carbocycles. The minimum absolute atomic E-state index is 0.161. The molecule has 0 saturated heterocycles. The van der Waals surface area contributed by atoms with Crippen LogP contribution in [0.1, 0.15) is 11.1 Å². The van der Waals surface area contributed by atoms with Gasteiger partial charge in [-0.25, -0.2) is 4.98 Å². The van der Waals surface area contributed by atoms with Gasteiger partial charge in [0, 0.05) is 11.9 Å². The first-order chi connectivity index (χ1) is 8.72. The van der Waals surface area contributed by atoms with E-state index in [1.807, 2.05) is 12.1 Å². The number of nitrogens with one attached hydrogen (secondary N) is 1. The molecule has 18 heavy (non-hydrogen) atoms. The van der Waals surface area contributed by atoms with Crippen LogP contribution >= 0.6 is 0 Å². The Hall–Kier alpha value is -3.12. The quantitative estimate of drug-likeness (QED) is 0.818. The van der Waals surface area contributed by atoms with E-state index in [4.69, 9.17) is 16.3 Å². The van der Waals surface area contributed by atoms with E-state index in [2.05, 4.69) is 15.3 Å². The number of nitrogens with zero attached hydrogens (tertiary/aromatic N) is 4. The molecule has 2 aromatic rings. The SMILES string of the molecule is N#Cc1ccc(Nc2ccnc(N)n2)cc1C#N. The Bertz CT molecular complexity index is 665. The molecular weight excluding hydrogens is 228 g/mol. The van der Waals surface area contributed by atoms with Crippen molar-refractivity contribution in [2.24, 2.45) is 0 Å². The minimum atomic E-state index is 0.161. The van der Waals surface area contributed by atoms with Crippen LogP contribution in [0.4, 0.5) is 17.5 Å². The average molecular weight is 236 g/mol. The van der Waals surface area contributed by atoms with Crippen LogP contribution in [0.15, 0.2) is 30.5 Å². The van der Waals surface area contributed by atoms with Crippen LogP contribution in [0.2, 0.25) is 0 Å². The van der Waals surface area contributed by atoms with Gasteiger partial charge in [-0.3, -0.25) is 0 Å². The molecule has 86 valence electrons. The second-order valence-corrected chi connectivity index (χ2v) is 3.41. The lowest BCUT2D eigenvalue weighted by Crippen LogP contribution is -1.99. The summed E-state index contributed by atoms with van der Waals surface area (Å²) in [4.78, 5) is 7.75. The van der Waals surface area contributed by atoms with Gasteiger partial charge in [-0.05, 0) is 24.3 Å². The normalized spacial score (nSPS) is 9.22. The van der Waals surface area contributed by atoms with E-state index < -0.39 is 0 Å². The zero-order valence-corrected chi connectivity index (χ0v) is 9.25. The number of nitriles is 2. The molecule has 6 nitrogen and oxygen atoms in total. The molecule has 3 N–H and O–H groups in total. The predicted octanol–water partition coefficient (Wildman–Crippen LogP) is 1.55. The highest BCUT2D eigenvalue weighted by Gasteiger charge is 2.03. The second-order valence-electron chi connectivity index (χ2n) is 3.41. The summed E-state index contributed by atoms with van der Waals surface area (Å²) in [6, 6.07) is 10.4. The number of hydrogen-bond donors (Lipinski definition) is 2. The molecule has 0 unspecified atom stereocenters. The number of nitrogen functional groups attached to an aromatic ring is 1. The van der Waals surface area contributed by atoms with Gasteiger partial charge in [-0.1, -0.05) is 0 Å². The minimum Gasteiger partial charge on any atom is -0.368 e. The smallest absolute Gasteiger partial charge is 0.221 e. The van der Waals surface area contributed by atoms with E-state index in [9.17, 15) is 0 Å². The van der Waals surface area contributed by atoms with Gasteiger partial charge in [-0.2, -0.15) is 15.5 Å². The van der Waals surface area contributed by atoms with Gasteiger partial charge in [0.15, 0.2) is 0 Å². The van der Waals surface area contributed by atoms with Gasteiger partial charge in [0.1, 0.15) is 18.0 Å². The van der Waals surface area contributed by atoms with Crippen LogP contribution in [0, 0.1) is 22.7 Å². The van der Waals surface area contributed by atoms with E-state index in [1.165, 1.54) is 6.20 Å². The number of rotatable bonds is 2. The first-order valence-corrected chi connectivity index (χ1v) is 5.02. The van der Waals surface area contributed by atoms with E-state index in [0.717, 1.165) is 0 Å². The third-order valence-corrected chi connectivity index (χ3v) is 2.21. The summed E-state index contributed by atoms with van der Waals surface area (Å²) in [5.41, 5.74) is 6.76. The fourth-order valence-corrected chi connectivity index (χ4v) is 1.40. The number of benzene rings is 1. The van der Waals surface area contributed by atoms with Crippen molar-refractivity contribution in [1.29, 1.82) is 10.5 Å². The fourth-order valence-electron chi connectivity index (χ4n) is 1.40. The molecule has 2 rings (SSSR count). The lowest BCUT2D eigenvalue weighted by atomic mass is 10.1. The lowest BCUT2D eigenvalue weighted by Gasteiger charge is -2.06. The van der Waals surface area contributed by atoms with Gasteiger partial charge in [0.05, 0.1) is 11.1 Å². The van der Waals surface area contributed by atoms with Crippen molar-refractivity contribution in [3.05, 3.63) is 41.6 Å². The van der Waals surface area contributed by atoms with Crippen molar-refractivity contribution >= 4 is 17.5 Å². The highest BCUT2D eigenvalue weighted by Crippen LogP contribution is 2.18. The van der Waals surface area contributed by atoms with Gasteiger partial charge in [-0.15, -0.1) is 0 Å². The molecular formula is C12H8N6. The maximum absolute atomic E-state index is 8.91. The Kier molecular flexibility index (Phi) is 3.04. The summed E-state index contributed by atoms with van der Waals surface area (Å²) in [5.74, 6) is 0.685. The van der Waals surface area contributed by atoms with Crippen molar-refractivity contribution in [2.45, 2.75) is 0 Å². The van der Waals surface area contributed by atoms with Gasteiger partial charge in [0.25, 0.3) is 0 Å². The van der Waals surface area contributed by atoms with Crippen LogP contribution in [-0.4, -0.2) is 9.97 Å². The maximum Gasteiger partial charge on any atom is 0.221 e. The van der Waals surface area contributed by atoms with E-state index in [-0.39, 0.29) is 5.95 Å². The average Bonchev–Trinajstić information content (AvgIpc) is 2.38. The second kappa shape index (κ2) is 4.81. The zero-order valence-electron chi connectivity index (χ0n) is 9.25. The topological polar surface area (TPSA) is 111 Å². The molecule has 0 aliphatic rings. The standard InChI is InChI=1S/C12H8N6/c13-6-8-1-2-10(5-9(8)7-14)17-11-3-4-16-12(15)18-11/h1-5H,(H3,15,16,17,18). The van der Waals surface area contributed by atoms with Crippen LogP contribution in [-0.2, 0) is 0 Å². The summed E-state index contributed by atoms with van der Waals surface area (Å²) in [6.45, 7) is 0. The fraction of sp³-hybridized carbons (Fsp3) is 0. The Balaban J connectivity index is 2.31. The molecule has 6 heteroatoms. The first kappa shape index (κ1) is 11.4. The molecule has 1 heterocycles. The number of anilines is 3. The van der Waals surface area contributed by atoms with Gasteiger partial charge in [0.2, 0.25) is 5.95 Å². The number of aromatic nitrogens is 2. The van der Waals surface area contributed by atoms with Crippen LogP contribution in [0.5, 0.6) is 0 Å².